The fourth-order valence-electron chi connectivity index (χ4n) is 4.56. The Hall–Kier alpha value is -3.19. The van der Waals surface area contributed by atoms with Crippen molar-refractivity contribution in [2.75, 3.05) is 19.4 Å². The number of hydrogen-bond acceptors (Lipinski definition) is 4. The molecule has 0 spiro atoms. The highest BCUT2D eigenvalue weighted by Gasteiger charge is 2.19. The molecule has 0 saturated heterocycles. The first-order valence-corrected chi connectivity index (χ1v) is 12.7. The van der Waals surface area contributed by atoms with Crippen LogP contribution in [0, 0.1) is 5.92 Å². The number of benzene rings is 1. The molecule has 1 unspecified atom stereocenters. The Bertz CT molecular complexity index is 1180. The second-order valence-electron chi connectivity index (χ2n) is 9.45. The van der Waals surface area contributed by atoms with E-state index in [2.05, 4.69) is 46.6 Å². The van der Waals surface area contributed by atoms with Crippen LogP contribution in [0.25, 0.3) is 5.69 Å². The van der Waals surface area contributed by atoms with Crippen LogP contribution < -0.4 is 11.1 Å². The van der Waals surface area contributed by atoms with E-state index in [9.17, 15) is 4.79 Å². The van der Waals surface area contributed by atoms with Crippen molar-refractivity contribution in [3.63, 3.8) is 0 Å². The zero-order chi connectivity index (χ0) is 24.9. The zero-order valence-electron chi connectivity index (χ0n) is 20.8. The Balaban J connectivity index is 1.62. The van der Waals surface area contributed by atoms with Gasteiger partial charge < -0.3 is 16.0 Å². The van der Waals surface area contributed by atoms with Gasteiger partial charge in [-0.25, -0.2) is 4.99 Å². The number of carbonyl (C=O) groups excluding carboxylic acids is 1. The molecule has 35 heavy (non-hydrogen) atoms. The maximum atomic E-state index is 12.2. The van der Waals surface area contributed by atoms with Gasteiger partial charge in [-0.2, -0.15) is 0 Å². The lowest BCUT2D eigenvalue weighted by Gasteiger charge is -2.22. The van der Waals surface area contributed by atoms with Crippen LogP contribution in [-0.4, -0.2) is 40.9 Å². The molecule has 0 bridgehead atoms. The molecule has 1 aliphatic heterocycles. The van der Waals surface area contributed by atoms with Gasteiger partial charge in [-0.3, -0.25) is 14.6 Å². The number of anilines is 1. The zero-order valence-corrected chi connectivity index (χ0v) is 21.5. The number of amides is 1. The average Bonchev–Trinajstić information content (AvgIpc) is 3.13. The summed E-state index contributed by atoms with van der Waals surface area (Å²) in [5.74, 6) is 1.10. The number of aromatic amines is 1. The minimum absolute atomic E-state index is 0.0585. The molecule has 4 rings (SSSR count). The second-order valence-corrected chi connectivity index (χ2v) is 9.86. The maximum absolute atomic E-state index is 12.2. The molecular weight excluding hydrogens is 460 g/mol. The molecule has 0 radical (unpaired) electrons. The van der Waals surface area contributed by atoms with Crippen molar-refractivity contribution in [1.29, 1.82) is 0 Å². The van der Waals surface area contributed by atoms with Crippen LogP contribution in [0.3, 0.4) is 0 Å². The van der Waals surface area contributed by atoms with E-state index >= 15 is 0 Å². The number of carbonyl (C=O) groups is 1. The third-order valence-electron chi connectivity index (χ3n) is 6.74. The fraction of sp³-hybridized carbons (Fsp3) is 0.407. The van der Waals surface area contributed by atoms with Crippen molar-refractivity contribution in [2.24, 2.45) is 16.6 Å². The topological polar surface area (TPSA) is 91.4 Å². The quantitative estimate of drug-likeness (QED) is 0.430. The molecule has 186 valence electrons. The van der Waals surface area contributed by atoms with E-state index in [1.165, 1.54) is 24.8 Å². The van der Waals surface area contributed by atoms with Crippen molar-refractivity contribution in [1.82, 2.24) is 14.7 Å². The molecule has 4 N–H and O–H groups in total. The van der Waals surface area contributed by atoms with Crippen LogP contribution in [0.5, 0.6) is 0 Å². The van der Waals surface area contributed by atoms with E-state index in [0.29, 0.717) is 34.6 Å². The van der Waals surface area contributed by atoms with Gasteiger partial charge in [0, 0.05) is 32.4 Å². The highest BCUT2D eigenvalue weighted by atomic mass is 35.5. The fourth-order valence-corrected chi connectivity index (χ4v) is 4.74. The third kappa shape index (κ3) is 5.90. The molecule has 1 amide bonds. The summed E-state index contributed by atoms with van der Waals surface area (Å²) in [5.41, 5.74) is 11.9. The number of rotatable bonds is 7. The summed E-state index contributed by atoms with van der Waals surface area (Å²) in [6.45, 7) is 2.24. The molecule has 7 nitrogen and oxygen atoms in total. The molecule has 2 aromatic rings. The molecule has 1 aliphatic carbocycles. The Morgan fingerprint density at radius 3 is 2.86 bits per heavy atom. The number of aliphatic imine (C=N–C) groups is 1. The summed E-state index contributed by atoms with van der Waals surface area (Å²) < 4.78 is 1.84. The van der Waals surface area contributed by atoms with E-state index < -0.39 is 0 Å². The average molecular weight is 495 g/mol. The second kappa shape index (κ2) is 11.0. The lowest BCUT2D eigenvalue weighted by atomic mass is 9.90. The van der Waals surface area contributed by atoms with Crippen molar-refractivity contribution in [2.45, 2.75) is 51.9 Å². The molecule has 0 saturated carbocycles. The van der Waals surface area contributed by atoms with Crippen molar-refractivity contribution in [3.8, 4) is 5.69 Å². The number of nitrogens with two attached hydrogens (primary N) is 1. The number of hydrogen-bond donors (Lipinski definition) is 3. The van der Waals surface area contributed by atoms with E-state index in [0.717, 1.165) is 30.6 Å². The van der Waals surface area contributed by atoms with Crippen LogP contribution in [0.4, 0.5) is 5.69 Å². The Labute approximate surface area is 212 Å². The number of H-pyrrole nitrogens is 1. The molecule has 1 atom stereocenters. The highest BCUT2D eigenvalue weighted by Crippen LogP contribution is 2.32. The van der Waals surface area contributed by atoms with Gasteiger partial charge in [-0.1, -0.05) is 42.3 Å². The first-order valence-electron chi connectivity index (χ1n) is 12.3. The van der Waals surface area contributed by atoms with Gasteiger partial charge in [0.1, 0.15) is 5.69 Å². The SMILES string of the molecule is CCC1=CCCC(Cc2ccc(-n3cc(C(=O)N(C)C)[nH]3)cc2NC2=C(N)C(Cl)=CCC=N2)CC1. The first-order chi connectivity index (χ1) is 16.9. The molecule has 1 aromatic carbocycles. The van der Waals surface area contributed by atoms with Crippen LogP contribution in [0.15, 0.2) is 63.7 Å². The normalized spacial score (nSPS) is 18.6. The molecule has 1 aromatic heterocycles. The van der Waals surface area contributed by atoms with Gasteiger partial charge in [0.05, 0.1) is 22.6 Å². The molecular formula is C27H35ClN6O. The van der Waals surface area contributed by atoms with E-state index in [1.807, 2.05) is 10.8 Å². The van der Waals surface area contributed by atoms with Crippen LogP contribution in [-0.2, 0) is 6.42 Å². The number of allylic oxidation sites excluding steroid dienone is 4. The largest absolute Gasteiger partial charge is 0.395 e. The lowest BCUT2D eigenvalue weighted by molar-refractivity contribution is 0.0815. The highest BCUT2D eigenvalue weighted by molar-refractivity contribution is 6.32. The number of nitrogens with one attached hydrogen (secondary N) is 2. The molecule has 0 fully saturated rings. The number of nitrogens with zero attached hydrogens (tertiary/aromatic N) is 3. The van der Waals surface area contributed by atoms with Gasteiger partial charge in [0.15, 0.2) is 5.82 Å². The van der Waals surface area contributed by atoms with Gasteiger partial charge in [-0.05, 0) is 62.1 Å². The Morgan fingerprint density at radius 1 is 1.31 bits per heavy atom. The van der Waals surface area contributed by atoms with Crippen LogP contribution in [0.1, 0.15) is 61.5 Å². The molecule has 2 heterocycles. The molecule has 8 heteroatoms. The smallest absolute Gasteiger partial charge is 0.272 e. The van der Waals surface area contributed by atoms with Crippen molar-refractivity contribution >= 4 is 29.4 Å². The maximum Gasteiger partial charge on any atom is 0.272 e. The van der Waals surface area contributed by atoms with Gasteiger partial charge in [0.2, 0.25) is 0 Å². The van der Waals surface area contributed by atoms with E-state index in [4.69, 9.17) is 17.3 Å². The molecule has 2 aliphatic rings. The Morgan fingerprint density at radius 2 is 2.11 bits per heavy atom. The standard InChI is InChI=1S/C27H35ClN6O/c1-4-18-7-5-8-19(11-10-18)15-20-12-13-21(34-17-24(32-34)27(35)33(2)3)16-23(20)31-26-25(29)22(28)9-6-14-30-26/h7,9,12-14,16-17,19,31-32H,4-6,8,10-11,15,29H2,1-3H3. The Kier molecular flexibility index (Phi) is 7.86. The van der Waals surface area contributed by atoms with Gasteiger partial charge in [0.25, 0.3) is 5.91 Å². The number of aromatic nitrogens is 2. The van der Waals surface area contributed by atoms with Gasteiger partial charge in [-0.15, -0.1) is 0 Å². The predicted octanol–water partition coefficient (Wildman–Crippen LogP) is 5.71. The minimum Gasteiger partial charge on any atom is -0.395 e. The summed E-state index contributed by atoms with van der Waals surface area (Å²) in [6.07, 6.45) is 15.3. The van der Waals surface area contributed by atoms with Crippen LogP contribution in [0.2, 0.25) is 0 Å². The van der Waals surface area contributed by atoms with Crippen LogP contribution >= 0.6 is 11.6 Å². The summed E-state index contributed by atoms with van der Waals surface area (Å²) in [7, 11) is 3.48. The van der Waals surface area contributed by atoms with Gasteiger partial charge >= 0.3 is 0 Å². The van der Waals surface area contributed by atoms with Crippen molar-refractivity contribution < 1.29 is 4.79 Å². The van der Waals surface area contributed by atoms with E-state index in [1.54, 1.807) is 37.0 Å². The number of halogens is 1. The van der Waals surface area contributed by atoms with Crippen molar-refractivity contribution in [3.05, 3.63) is 69.9 Å². The third-order valence-corrected chi connectivity index (χ3v) is 7.10. The lowest BCUT2D eigenvalue weighted by Crippen LogP contribution is -2.27. The van der Waals surface area contributed by atoms with E-state index in [-0.39, 0.29) is 5.91 Å². The minimum atomic E-state index is -0.0585. The predicted molar refractivity (Wildman–Crippen MR) is 144 cm³/mol. The summed E-state index contributed by atoms with van der Waals surface area (Å²) in [4.78, 5) is 18.2. The summed E-state index contributed by atoms with van der Waals surface area (Å²) in [5, 5.41) is 7.09. The monoisotopic (exact) mass is 494 g/mol. The first kappa shape index (κ1) is 24.9. The summed E-state index contributed by atoms with van der Waals surface area (Å²) >= 11 is 6.35. The summed E-state index contributed by atoms with van der Waals surface area (Å²) in [6, 6.07) is 6.31.